The number of hydrogen-bond donors (Lipinski definition) is 1. The summed E-state index contributed by atoms with van der Waals surface area (Å²) in [7, 11) is 0. The summed E-state index contributed by atoms with van der Waals surface area (Å²) >= 11 is 0. The Hall–Kier alpha value is -2.69. The molecule has 1 aromatic carbocycles. The minimum Gasteiger partial charge on any atom is -0.381 e. The van der Waals surface area contributed by atoms with E-state index in [9.17, 15) is 0 Å². The highest BCUT2D eigenvalue weighted by Gasteiger charge is 1.97. The Morgan fingerprint density at radius 2 is 1.90 bits per heavy atom. The predicted octanol–water partition coefficient (Wildman–Crippen LogP) is 2.33. The summed E-state index contributed by atoms with van der Waals surface area (Å²) in [6.07, 6.45) is 6.91. The molecule has 0 aliphatic heterocycles. The van der Waals surface area contributed by atoms with E-state index >= 15 is 0 Å². The quantitative estimate of drug-likeness (QED) is 0.769. The van der Waals surface area contributed by atoms with Crippen LogP contribution < -0.4 is 5.32 Å². The number of hydrogen-bond acceptors (Lipinski definition) is 4. The molecule has 0 atom stereocenters. The van der Waals surface area contributed by atoms with Gasteiger partial charge in [-0.2, -0.15) is 5.10 Å². The van der Waals surface area contributed by atoms with E-state index in [-0.39, 0.29) is 0 Å². The van der Waals surface area contributed by atoms with Crippen LogP contribution in [0.4, 0.5) is 5.69 Å². The Morgan fingerprint density at radius 1 is 1.00 bits per heavy atom. The molecular weight excluding hydrogens is 250 g/mol. The Balaban J connectivity index is 1.59. The number of pyridine rings is 1. The first-order valence-corrected chi connectivity index (χ1v) is 6.44. The maximum absolute atomic E-state index is 4.10. The van der Waals surface area contributed by atoms with E-state index in [1.165, 1.54) is 11.1 Å². The molecule has 0 bridgehead atoms. The van der Waals surface area contributed by atoms with Crippen molar-refractivity contribution in [2.45, 2.75) is 13.1 Å². The maximum Gasteiger partial charge on any atom is 0.137 e. The summed E-state index contributed by atoms with van der Waals surface area (Å²) in [5.41, 5.74) is 3.46. The fraction of sp³-hybridized carbons (Fsp3) is 0.133. The molecule has 2 aromatic heterocycles. The molecule has 0 fully saturated rings. The molecule has 100 valence electrons. The molecular formula is C15H15N5. The van der Waals surface area contributed by atoms with Gasteiger partial charge in [-0.3, -0.25) is 4.98 Å². The van der Waals surface area contributed by atoms with Crippen LogP contribution in [0.15, 0.2) is 61.4 Å². The van der Waals surface area contributed by atoms with Crippen molar-refractivity contribution < 1.29 is 0 Å². The fourth-order valence-corrected chi connectivity index (χ4v) is 1.94. The van der Waals surface area contributed by atoms with Crippen molar-refractivity contribution in [3.63, 3.8) is 0 Å². The van der Waals surface area contributed by atoms with Gasteiger partial charge in [0.15, 0.2) is 0 Å². The van der Waals surface area contributed by atoms with Crippen LogP contribution in [0, 0.1) is 0 Å². The SMILES string of the molecule is c1cncc(CNc2ccc(Cn3cncn3)cc2)c1. The van der Waals surface area contributed by atoms with Gasteiger partial charge >= 0.3 is 0 Å². The van der Waals surface area contributed by atoms with Gasteiger partial charge in [0.05, 0.1) is 6.54 Å². The second-order valence-electron chi connectivity index (χ2n) is 4.50. The van der Waals surface area contributed by atoms with Gasteiger partial charge in [-0.1, -0.05) is 18.2 Å². The molecule has 2 heterocycles. The second kappa shape index (κ2) is 5.97. The molecule has 0 saturated heterocycles. The average molecular weight is 265 g/mol. The fourth-order valence-electron chi connectivity index (χ4n) is 1.94. The summed E-state index contributed by atoms with van der Waals surface area (Å²) < 4.78 is 1.80. The van der Waals surface area contributed by atoms with Crippen LogP contribution in [0.25, 0.3) is 0 Å². The molecule has 1 N–H and O–H groups in total. The third-order valence-corrected chi connectivity index (χ3v) is 2.98. The smallest absolute Gasteiger partial charge is 0.137 e. The van der Waals surface area contributed by atoms with Crippen LogP contribution in [0.2, 0.25) is 0 Å². The number of anilines is 1. The van der Waals surface area contributed by atoms with E-state index in [1.54, 1.807) is 23.5 Å². The zero-order valence-electron chi connectivity index (χ0n) is 11.0. The van der Waals surface area contributed by atoms with Gasteiger partial charge in [-0.05, 0) is 29.3 Å². The Bertz CT molecular complexity index is 632. The summed E-state index contributed by atoms with van der Waals surface area (Å²) in [6.45, 7) is 1.51. The van der Waals surface area contributed by atoms with Crippen LogP contribution in [0.1, 0.15) is 11.1 Å². The highest BCUT2D eigenvalue weighted by Crippen LogP contribution is 2.11. The van der Waals surface area contributed by atoms with Gasteiger partial charge in [0.25, 0.3) is 0 Å². The lowest BCUT2D eigenvalue weighted by atomic mass is 10.2. The lowest BCUT2D eigenvalue weighted by Gasteiger charge is -2.07. The number of benzene rings is 1. The first-order chi connectivity index (χ1) is 9.90. The van der Waals surface area contributed by atoms with Crippen molar-refractivity contribution in [3.05, 3.63) is 72.6 Å². The number of rotatable bonds is 5. The monoisotopic (exact) mass is 265 g/mol. The minimum atomic E-state index is 0.739. The topological polar surface area (TPSA) is 55.6 Å². The minimum absolute atomic E-state index is 0.739. The number of nitrogens with one attached hydrogen (secondary N) is 1. The first-order valence-electron chi connectivity index (χ1n) is 6.44. The van der Waals surface area contributed by atoms with Gasteiger partial charge < -0.3 is 5.32 Å². The van der Waals surface area contributed by atoms with E-state index in [1.807, 2.05) is 12.3 Å². The van der Waals surface area contributed by atoms with Crippen molar-refractivity contribution in [2.75, 3.05) is 5.32 Å². The molecule has 0 aliphatic rings. The van der Waals surface area contributed by atoms with Crippen molar-refractivity contribution in [3.8, 4) is 0 Å². The molecule has 0 unspecified atom stereocenters. The lowest BCUT2D eigenvalue weighted by Crippen LogP contribution is -2.02. The van der Waals surface area contributed by atoms with Gasteiger partial charge in [-0.25, -0.2) is 9.67 Å². The van der Waals surface area contributed by atoms with E-state index in [0.717, 1.165) is 18.8 Å². The zero-order chi connectivity index (χ0) is 13.6. The van der Waals surface area contributed by atoms with Crippen LogP contribution >= 0.6 is 0 Å². The Kier molecular flexibility index (Phi) is 3.68. The normalized spacial score (nSPS) is 10.4. The third-order valence-electron chi connectivity index (χ3n) is 2.98. The van der Waals surface area contributed by atoms with Gasteiger partial charge in [-0.15, -0.1) is 0 Å². The number of nitrogens with zero attached hydrogens (tertiary/aromatic N) is 4. The molecule has 0 amide bonds. The molecule has 0 radical (unpaired) electrons. The van der Waals surface area contributed by atoms with Crippen LogP contribution in [0.3, 0.4) is 0 Å². The van der Waals surface area contributed by atoms with Crippen LogP contribution in [-0.4, -0.2) is 19.7 Å². The highest BCUT2D eigenvalue weighted by molar-refractivity contribution is 5.45. The van der Waals surface area contributed by atoms with E-state index in [4.69, 9.17) is 0 Å². The second-order valence-corrected chi connectivity index (χ2v) is 4.50. The molecule has 0 aliphatic carbocycles. The first kappa shape index (κ1) is 12.3. The summed E-state index contributed by atoms with van der Waals surface area (Å²) in [5.74, 6) is 0. The summed E-state index contributed by atoms with van der Waals surface area (Å²) in [6, 6.07) is 12.3. The predicted molar refractivity (Wildman–Crippen MR) is 77.1 cm³/mol. The zero-order valence-corrected chi connectivity index (χ0v) is 11.0. The van der Waals surface area contributed by atoms with Crippen molar-refractivity contribution in [1.82, 2.24) is 19.7 Å². The van der Waals surface area contributed by atoms with Gasteiger partial charge in [0.1, 0.15) is 12.7 Å². The molecule has 5 nitrogen and oxygen atoms in total. The molecule has 0 spiro atoms. The number of aromatic nitrogens is 4. The maximum atomic E-state index is 4.10. The molecule has 20 heavy (non-hydrogen) atoms. The van der Waals surface area contributed by atoms with Gasteiger partial charge in [0.2, 0.25) is 0 Å². The average Bonchev–Trinajstić information content (AvgIpc) is 3.01. The van der Waals surface area contributed by atoms with Gasteiger partial charge in [0, 0.05) is 24.6 Å². The molecule has 0 saturated carbocycles. The van der Waals surface area contributed by atoms with E-state index < -0.39 is 0 Å². The van der Waals surface area contributed by atoms with E-state index in [0.29, 0.717) is 0 Å². The van der Waals surface area contributed by atoms with Crippen molar-refractivity contribution in [2.24, 2.45) is 0 Å². The Labute approximate surface area is 117 Å². The molecule has 3 aromatic rings. The third kappa shape index (κ3) is 3.20. The van der Waals surface area contributed by atoms with Crippen molar-refractivity contribution in [1.29, 1.82) is 0 Å². The van der Waals surface area contributed by atoms with Crippen LogP contribution in [0.5, 0.6) is 0 Å². The lowest BCUT2D eigenvalue weighted by molar-refractivity contribution is 0.685. The van der Waals surface area contributed by atoms with E-state index in [2.05, 4.69) is 50.7 Å². The largest absolute Gasteiger partial charge is 0.381 e. The molecule has 5 heteroatoms. The standard InChI is InChI=1S/C15H15N5/c1-2-14(8-16-7-1)9-18-15-5-3-13(4-6-15)10-20-12-17-11-19-20/h1-8,11-12,18H,9-10H2. The van der Waals surface area contributed by atoms with Crippen LogP contribution in [-0.2, 0) is 13.1 Å². The summed E-state index contributed by atoms with van der Waals surface area (Å²) in [4.78, 5) is 8.03. The van der Waals surface area contributed by atoms with Crippen molar-refractivity contribution >= 4 is 5.69 Å². The Morgan fingerprint density at radius 3 is 2.60 bits per heavy atom. The summed E-state index contributed by atoms with van der Waals surface area (Å²) in [5, 5.41) is 7.47. The highest BCUT2D eigenvalue weighted by atomic mass is 15.3. The molecule has 3 rings (SSSR count).